The van der Waals surface area contributed by atoms with Crippen molar-refractivity contribution in [3.63, 3.8) is 0 Å². The average molecular weight is 287 g/mol. The molecule has 2 rings (SSSR count). The average Bonchev–Trinajstić information content (AvgIpc) is 2.27. The molecule has 1 aliphatic rings. The van der Waals surface area contributed by atoms with E-state index in [0.717, 1.165) is 0 Å². The molecule has 0 aliphatic heterocycles. The Morgan fingerprint density at radius 3 is 1.89 bits per heavy atom. The zero-order chi connectivity index (χ0) is 13.0. The third kappa shape index (κ3) is 3.72. The van der Waals surface area contributed by atoms with Crippen LogP contribution in [-0.2, 0) is 9.05 Å². The highest BCUT2D eigenvalue weighted by atomic mass is 35.7. The molecular formula is C14H19ClO2S. The van der Waals surface area contributed by atoms with Gasteiger partial charge in [-0.3, -0.25) is 0 Å². The van der Waals surface area contributed by atoms with Crippen molar-refractivity contribution in [3.8, 4) is 0 Å². The maximum absolute atomic E-state index is 11.2. The number of hydrogen-bond acceptors (Lipinski definition) is 2. The van der Waals surface area contributed by atoms with E-state index in [1.807, 2.05) is 12.1 Å². The van der Waals surface area contributed by atoms with E-state index in [1.54, 1.807) is 12.1 Å². The first kappa shape index (κ1) is 13.9. The minimum atomic E-state index is -3.59. The van der Waals surface area contributed by atoms with Crippen molar-refractivity contribution >= 4 is 19.7 Å². The zero-order valence-corrected chi connectivity index (χ0v) is 12.0. The van der Waals surface area contributed by atoms with E-state index in [0.29, 0.717) is 5.92 Å². The fraction of sp³-hybridized carbons (Fsp3) is 0.571. The van der Waals surface area contributed by atoms with Crippen LogP contribution in [0, 0.1) is 0 Å². The first-order valence-corrected chi connectivity index (χ1v) is 8.93. The van der Waals surface area contributed by atoms with Gasteiger partial charge in [0.25, 0.3) is 9.05 Å². The molecule has 0 N–H and O–H groups in total. The van der Waals surface area contributed by atoms with Gasteiger partial charge in [-0.15, -0.1) is 0 Å². The summed E-state index contributed by atoms with van der Waals surface area (Å²) in [5, 5.41) is 0. The molecule has 0 atom stereocenters. The Morgan fingerprint density at radius 1 is 0.889 bits per heavy atom. The number of halogens is 1. The molecule has 2 nitrogen and oxygen atoms in total. The van der Waals surface area contributed by atoms with Crippen LogP contribution in [0.4, 0.5) is 0 Å². The summed E-state index contributed by atoms with van der Waals surface area (Å²) in [6.07, 6.45) is 8.99. The quantitative estimate of drug-likeness (QED) is 0.753. The normalized spacial score (nSPS) is 19.2. The van der Waals surface area contributed by atoms with Crippen LogP contribution in [0.5, 0.6) is 0 Å². The lowest BCUT2D eigenvalue weighted by atomic mass is 9.86. The maximum Gasteiger partial charge on any atom is 0.261 e. The molecule has 0 heterocycles. The Bertz CT molecular complexity index is 471. The van der Waals surface area contributed by atoms with Crippen molar-refractivity contribution in [2.24, 2.45) is 0 Å². The lowest BCUT2D eigenvalue weighted by Gasteiger charge is -2.20. The van der Waals surface area contributed by atoms with Crippen molar-refractivity contribution in [1.82, 2.24) is 0 Å². The van der Waals surface area contributed by atoms with E-state index in [2.05, 4.69) is 0 Å². The van der Waals surface area contributed by atoms with Crippen LogP contribution in [-0.4, -0.2) is 8.42 Å². The highest BCUT2D eigenvalue weighted by molar-refractivity contribution is 8.13. The first-order chi connectivity index (χ1) is 8.57. The van der Waals surface area contributed by atoms with Gasteiger partial charge in [-0.25, -0.2) is 8.42 Å². The monoisotopic (exact) mass is 286 g/mol. The molecule has 4 heteroatoms. The summed E-state index contributed by atoms with van der Waals surface area (Å²) in [5.74, 6) is 0.581. The summed E-state index contributed by atoms with van der Waals surface area (Å²) in [4.78, 5) is 0.193. The Kier molecular flexibility index (Phi) is 4.68. The Hall–Kier alpha value is -0.540. The number of benzene rings is 1. The van der Waals surface area contributed by atoms with Crippen molar-refractivity contribution in [1.29, 1.82) is 0 Å². The van der Waals surface area contributed by atoms with Crippen LogP contribution in [0.3, 0.4) is 0 Å². The van der Waals surface area contributed by atoms with Crippen molar-refractivity contribution in [2.45, 2.75) is 55.8 Å². The number of rotatable bonds is 2. The second kappa shape index (κ2) is 6.07. The molecular weight excluding hydrogens is 268 g/mol. The van der Waals surface area contributed by atoms with Gasteiger partial charge in [-0.05, 0) is 36.5 Å². The predicted molar refractivity (Wildman–Crippen MR) is 74.5 cm³/mol. The van der Waals surface area contributed by atoms with Gasteiger partial charge in [0.2, 0.25) is 0 Å². The van der Waals surface area contributed by atoms with Gasteiger partial charge >= 0.3 is 0 Å². The summed E-state index contributed by atoms with van der Waals surface area (Å²) in [6, 6.07) is 7.08. The van der Waals surface area contributed by atoms with Crippen molar-refractivity contribution < 1.29 is 8.42 Å². The maximum atomic E-state index is 11.2. The van der Waals surface area contributed by atoms with Crippen LogP contribution in [0.25, 0.3) is 0 Å². The molecule has 100 valence electrons. The van der Waals surface area contributed by atoms with Gasteiger partial charge in [-0.1, -0.05) is 44.2 Å². The van der Waals surface area contributed by atoms with Crippen LogP contribution in [0.2, 0.25) is 0 Å². The van der Waals surface area contributed by atoms with Gasteiger partial charge in [-0.2, -0.15) is 0 Å². The molecule has 18 heavy (non-hydrogen) atoms. The highest BCUT2D eigenvalue weighted by Crippen LogP contribution is 2.31. The van der Waals surface area contributed by atoms with E-state index in [9.17, 15) is 8.42 Å². The Morgan fingerprint density at radius 2 is 1.39 bits per heavy atom. The molecule has 0 saturated heterocycles. The van der Waals surface area contributed by atoms with E-state index < -0.39 is 9.05 Å². The van der Waals surface area contributed by atoms with Gasteiger partial charge in [0.15, 0.2) is 0 Å². The summed E-state index contributed by atoms with van der Waals surface area (Å²) in [5.41, 5.74) is 1.25. The molecule has 1 aromatic carbocycles. The van der Waals surface area contributed by atoms with E-state index in [4.69, 9.17) is 10.7 Å². The molecule has 0 radical (unpaired) electrons. The predicted octanol–water partition coefficient (Wildman–Crippen LogP) is 4.44. The molecule has 0 aromatic heterocycles. The third-order valence-electron chi connectivity index (χ3n) is 3.74. The van der Waals surface area contributed by atoms with Crippen LogP contribution >= 0.6 is 10.7 Å². The fourth-order valence-corrected chi connectivity index (χ4v) is 3.46. The number of hydrogen-bond donors (Lipinski definition) is 0. The summed E-state index contributed by atoms with van der Waals surface area (Å²) >= 11 is 0. The molecule has 0 spiro atoms. The third-order valence-corrected chi connectivity index (χ3v) is 5.11. The SMILES string of the molecule is O=S(=O)(Cl)c1ccc(C2CCCCCCC2)cc1. The minimum Gasteiger partial charge on any atom is -0.207 e. The second-order valence-electron chi connectivity index (χ2n) is 5.05. The van der Waals surface area contributed by atoms with E-state index >= 15 is 0 Å². The Labute approximate surface area is 114 Å². The molecule has 1 aliphatic carbocycles. The van der Waals surface area contributed by atoms with Crippen molar-refractivity contribution in [3.05, 3.63) is 29.8 Å². The van der Waals surface area contributed by atoms with Crippen LogP contribution in [0.1, 0.15) is 56.4 Å². The molecule has 1 aromatic rings. The van der Waals surface area contributed by atoms with Crippen LogP contribution in [0.15, 0.2) is 29.2 Å². The molecule has 1 fully saturated rings. The zero-order valence-electron chi connectivity index (χ0n) is 10.4. The van der Waals surface area contributed by atoms with Gasteiger partial charge in [0.1, 0.15) is 0 Å². The molecule has 1 saturated carbocycles. The topological polar surface area (TPSA) is 34.1 Å². The highest BCUT2D eigenvalue weighted by Gasteiger charge is 2.15. The smallest absolute Gasteiger partial charge is 0.207 e. The lowest BCUT2D eigenvalue weighted by Crippen LogP contribution is -2.02. The lowest BCUT2D eigenvalue weighted by molar-refractivity contribution is 0.455. The van der Waals surface area contributed by atoms with Crippen molar-refractivity contribution in [2.75, 3.05) is 0 Å². The van der Waals surface area contributed by atoms with Crippen LogP contribution < -0.4 is 0 Å². The molecule has 0 unspecified atom stereocenters. The van der Waals surface area contributed by atoms with Gasteiger partial charge < -0.3 is 0 Å². The van der Waals surface area contributed by atoms with E-state index in [-0.39, 0.29) is 4.90 Å². The molecule has 0 bridgehead atoms. The summed E-state index contributed by atoms with van der Waals surface area (Å²) < 4.78 is 22.4. The fourth-order valence-electron chi connectivity index (χ4n) is 2.69. The summed E-state index contributed by atoms with van der Waals surface area (Å²) in [7, 11) is 1.73. The summed E-state index contributed by atoms with van der Waals surface area (Å²) in [6.45, 7) is 0. The largest absolute Gasteiger partial charge is 0.261 e. The second-order valence-corrected chi connectivity index (χ2v) is 7.61. The Balaban J connectivity index is 2.12. The first-order valence-electron chi connectivity index (χ1n) is 6.62. The van der Waals surface area contributed by atoms with Gasteiger partial charge in [0, 0.05) is 10.7 Å². The van der Waals surface area contributed by atoms with E-state index in [1.165, 1.54) is 50.5 Å². The molecule has 0 amide bonds. The standard InChI is InChI=1S/C14H19ClO2S/c15-18(16,17)14-10-8-13(9-11-14)12-6-4-2-1-3-5-7-12/h8-12H,1-7H2. The van der Waals surface area contributed by atoms with Gasteiger partial charge in [0.05, 0.1) is 4.90 Å². The minimum absolute atomic E-state index is 0.193.